The Kier molecular flexibility index (Phi) is 4.35. The summed E-state index contributed by atoms with van der Waals surface area (Å²) in [6.07, 6.45) is 0. The molecule has 0 atom stereocenters. The minimum Gasteiger partial charge on any atom is -0.449 e. The smallest absolute Gasteiger partial charge is 0.273 e. The molecule has 0 aliphatic heterocycles. The SMILES string of the molecule is CNCC(C)(C)CNS(=O)(=O)c1ccc(C)o1. The summed E-state index contributed by atoms with van der Waals surface area (Å²) in [4.78, 5) is 0. The summed E-state index contributed by atoms with van der Waals surface area (Å²) in [5.41, 5.74) is -0.149. The highest BCUT2D eigenvalue weighted by Crippen LogP contribution is 2.16. The third-order valence-electron chi connectivity index (χ3n) is 2.38. The van der Waals surface area contributed by atoms with Gasteiger partial charge in [0, 0.05) is 13.1 Å². The fourth-order valence-electron chi connectivity index (χ4n) is 1.46. The van der Waals surface area contributed by atoms with Crippen LogP contribution in [0.3, 0.4) is 0 Å². The molecule has 0 amide bonds. The Balaban J connectivity index is 2.69. The van der Waals surface area contributed by atoms with Gasteiger partial charge in [-0.15, -0.1) is 0 Å². The van der Waals surface area contributed by atoms with Crippen molar-refractivity contribution in [2.45, 2.75) is 25.9 Å². The first kappa shape index (κ1) is 14.2. The van der Waals surface area contributed by atoms with Crippen LogP contribution in [-0.4, -0.2) is 28.6 Å². The maximum atomic E-state index is 11.9. The molecule has 17 heavy (non-hydrogen) atoms. The van der Waals surface area contributed by atoms with Gasteiger partial charge in [-0.1, -0.05) is 13.8 Å². The van der Waals surface area contributed by atoms with Crippen molar-refractivity contribution < 1.29 is 12.8 Å². The van der Waals surface area contributed by atoms with Crippen LogP contribution in [0.2, 0.25) is 0 Å². The molecule has 5 nitrogen and oxygen atoms in total. The summed E-state index contributed by atoms with van der Waals surface area (Å²) in [5, 5.41) is 3.00. The van der Waals surface area contributed by atoms with Gasteiger partial charge in [0.15, 0.2) is 0 Å². The van der Waals surface area contributed by atoms with Crippen LogP contribution in [0.25, 0.3) is 0 Å². The van der Waals surface area contributed by atoms with Gasteiger partial charge < -0.3 is 9.73 Å². The second-order valence-corrected chi connectivity index (χ2v) is 6.58. The monoisotopic (exact) mass is 260 g/mol. The van der Waals surface area contributed by atoms with Crippen molar-refractivity contribution in [1.82, 2.24) is 10.0 Å². The molecule has 98 valence electrons. The van der Waals surface area contributed by atoms with Gasteiger partial charge in [0.2, 0.25) is 5.09 Å². The molecule has 1 heterocycles. The summed E-state index contributed by atoms with van der Waals surface area (Å²) in [7, 11) is -1.70. The molecular formula is C11H20N2O3S. The molecule has 1 aromatic heterocycles. The van der Waals surface area contributed by atoms with Crippen molar-refractivity contribution in [2.24, 2.45) is 5.41 Å². The highest BCUT2D eigenvalue weighted by Gasteiger charge is 2.23. The Hall–Kier alpha value is -0.850. The highest BCUT2D eigenvalue weighted by molar-refractivity contribution is 7.89. The van der Waals surface area contributed by atoms with E-state index < -0.39 is 10.0 Å². The standard InChI is InChI=1S/C11H20N2O3S/c1-9-5-6-10(16-9)17(14,15)13-8-11(2,3)7-12-4/h5-6,12-13H,7-8H2,1-4H3. The van der Waals surface area contributed by atoms with E-state index in [2.05, 4.69) is 10.0 Å². The first-order chi connectivity index (χ1) is 7.77. The van der Waals surface area contributed by atoms with E-state index >= 15 is 0 Å². The van der Waals surface area contributed by atoms with E-state index in [4.69, 9.17) is 4.42 Å². The summed E-state index contributed by atoms with van der Waals surface area (Å²) >= 11 is 0. The van der Waals surface area contributed by atoms with E-state index in [0.29, 0.717) is 12.3 Å². The predicted molar refractivity (Wildman–Crippen MR) is 66.3 cm³/mol. The van der Waals surface area contributed by atoms with Crippen molar-refractivity contribution in [3.63, 3.8) is 0 Å². The zero-order chi connectivity index (χ0) is 13.1. The van der Waals surface area contributed by atoms with Crippen LogP contribution >= 0.6 is 0 Å². The van der Waals surface area contributed by atoms with Crippen LogP contribution in [0.15, 0.2) is 21.6 Å². The van der Waals surface area contributed by atoms with Crippen LogP contribution in [0.1, 0.15) is 19.6 Å². The number of nitrogens with one attached hydrogen (secondary N) is 2. The second kappa shape index (κ2) is 5.20. The third-order valence-corrected chi connectivity index (χ3v) is 3.65. The van der Waals surface area contributed by atoms with Gasteiger partial charge in [-0.05, 0) is 31.5 Å². The topological polar surface area (TPSA) is 71.3 Å². The fourth-order valence-corrected chi connectivity index (χ4v) is 2.67. The lowest BCUT2D eigenvalue weighted by Gasteiger charge is -2.23. The quantitative estimate of drug-likeness (QED) is 0.804. The summed E-state index contributed by atoms with van der Waals surface area (Å²) in [6, 6.07) is 3.09. The van der Waals surface area contributed by atoms with Crippen LogP contribution in [0.5, 0.6) is 0 Å². The molecule has 1 aromatic rings. The second-order valence-electron chi connectivity index (χ2n) is 4.88. The molecule has 0 radical (unpaired) electrons. The largest absolute Gasteiger partial charge is 0.449 e. The van der Waals surface area contributed by atoms with Crippen molar-refractivity contribution in [2.75, 3.05) is 20.1 Å². The van der Waals surface area contributed by atoms with Crippen molar-refractivity contribution in [3.8, 4) is 0 Å². The van der Waals surface area contributed by atoms with Crippen LogP contribution in [-0.2, 0) is 10.0 Å². The van der Waals surface area contributed by atoms with E-state index in [0.717, 1.165) is 6.54 Å². The molecule has 0 saturated heterocycles. The van der Waals surface area contributed by atoms with Gasteiger partial charge >= 0.3 is 0 Å². The first-order valence-corrected chi connectivity index (χ1v) is 6.96. The lowest BCUT2D eigenvalue weighted by molar-refractivity contribution is 0.347. The molecule has 0 fully saturated rings. The molecule has 0 bridgehead atoms. The molecule has 0 saturated carbocycles. The molecule has 0 aliphatic rings. The minimum atomic E-state index is -3.54. The van der Waals surface area contributed by atoms with E-state index in [1.807, 2.05) is 20.9 Å². The van der Waals surface area contributed by atoms with E-state index in [1.165, 1.54) is 6.07 Å². The van der Waals surface area contributed by atoms with Gasteiger partial charge in [-0.25, -0.2) is 13.1 Å². The average molecular weight is 260 g/mol. The van der Waals surface area contributed by atoms with Gasteiger partial charge in [0.1, 0.15) is 5.76 Å². The van der Waals surface area contributed by atoms with Crippen molar-refractivity contribution in [1.29, 1.82) is 0 Å². The Morgan fingerprint density at radius 3 is 2.41 bits per heavy atom. The van der Waals surface area contributed by atoms with Crippen LogP contribution in [0.4, 0.5) is 0 Å². The molecule has 0 unspecified atom stereocenters. The van der Waals surface area contributed by atoms with E-state index in [1.54, 1.807) is 13.0 Å². The Morgan fingerprint density at radius 1 is 1.29 bits per heavy atom. The maximum absolute atomic E-state index is 11.9. The number of hydrogen-bond donors (Lipinski definition) is 2. The number of aryl methyl sites for hydroxylation is 1. The van der Waals surface area contributed by atoms with E-state index in [9.17, 15) is 8.42 Å². The molecule has 6 heteroatoms. The molecule has 1 rings (SSSR count). The van der Waals surface area contributed by atoms with Gasteiger partial charge in [-0.2, -0.15) is 0 Å². The maximum Gasteiger partial charge on any atom is 0.273 e. The molecule has 0 aliphatic carbocycles. The predicted octanol–water partition coefficient (Wildman–Crippen LogP) is 1.11. The van der Waals surface area contributed by atoms with Gasteiger partial charge in [0.05, 0.1) is 0 Å². The summed E-state index contributed by atoms with van der Waals surface area (Å²) in [6.45, 7) is 6.77. The van der Waals surface area contributed by atoms with Crippen LogP contribution in [0, 0.1) is 12.3 Å². The van der Waals surface area contributed by atoms with Gasteiger partial charge in [-0.3, -0.25) is 0 Å². The Labute approximate surface area is 103 Å². The molecular weight excluding hydrogens is 240 g/mol. The number of sulfonamides is 1. The molecule has 0 spiro atoms. The number of furan rings is 1. The Morgan fingerprint density at radius 2 is 1.94 bits per heavy atom. The average Bonchev–Trinajstić information content (AvgIpc) is 2.63. The third kappa shape index (κ3) is 4.14. The lowest BCUT2D eigenvalue weighted by atomic mass is 9.94. The van der Waals surface area contributed by atoms with Crippen molar-refractivity contribution in [3.05, 3.63) is 17.9 Å². The summed E-state index contributed by atoms with van der Waals surface area (Å²) < 4.78 is 31.4. The minimum absolute atomic E-state index is 0.0322. The van der Waals surface area contributed by atoms with Gasteiger partial charge in [0.25, 0.3) is 10.0 Å². The zero-order valence-electron chi connectivity index (χ0n) is 10.7. The van der Waals surface area contributed by atoms with Crippen molar-refractivity contribution >= 4 is 10.0 Å². The highest BCUT2D eigenvalue weighted by atomic mass is 32.2. The molecule has 2 N–H and O–H groups in total. The normalized spacial score (nSPS) is 12.9. The lowest BCUT2D eigenvalue weighted by Crippen LogP contribution is -2.39. The zero-order valence-corrected chi connectivity index (χ0v) is 11.5. The number of hydrogen-bond acceptors (Lipinski definition) is 4. The first-order valence-electron chi connectivity index (χ1n) is 5.47. The van der Waals surface area contributed by atoms with Crippen LogP contribution < -0.4 is 10.0 Å². The van der Waals surface area contributed by atoms with E-state index in [-0.39, 0.29) is 10.5 Å². The summed E-state index contributed by atoms with van der Waals surface area (Å²) in [5.74, 6) is 0.583. The fraction of sp³-hybridized carbons (Fsp3) is 0.636. The number of rotatable bonds is 6. The Bertz CT molecular complexity index is 463. The molecule has 0 aromatic carbocycles.